The number of aryl methyl sites for hydroxylation is 1. The largest absolute Gasteiger partial charge is 0.356 e. The molecule has 0 atom stereocenters. The van der Waals surface area contributed by atoms with Crippen molar-refractivity contribution in [1.29, 1.82) is 0 Å². The van der Waals surface area contributed by atoms with Gasteiger partial charge in [0.2, 0.25) is 5.91 Å². The minimum Gasteiger partial charge on any atom is -0.356 e. The molecule has 1 amide bonds. The number of nitrogens with one attached hydrogen (secondary N) is 1. The predicted octanol–water partition coefficient (Wildman–Crippen LogP) is 2.26. The lowest BCUT2D eigenvalue weighted by Crippen LogP contribution is -2.41. The summed E-state index contributed by atoms with van der Waals surface area (Å²) in [6.45, 7) is 5.62. The maximum absolute atomic E-state index is 11.5. The lowest BCUT2D eigenvalue weighted by atomic mass is 9.73. The smallest absolute Gasteiger partial charge is 0.220 e. The molecule has 2 saturated heterocycles. The Morgan fingerprint density at radius 1 is 1.05 bits per heavy atom. The van der Waals surface area contributed by atoms with E-state index in [1.54, 1.807) is 0 Å². The van der Waals surface area contributed by atoms with Gasteiger partial charge in [-0.25, -0.2) is 0 Å². The van der Waals surface area contributed by atoms with Gasteiger partial charge in [0.25, 0.3) is 0 Å². The van der Waals surface area contributed by atoms with Crippen LogP contribution in [-0.4, -0.2) is 41.6 Å². The van der Waals surface area contributed by atoms with Crippen LogP contribution in [0.25, 0.3) is 0 Å². The average molecular weight is 289 g/mol. The van der Waals surface area contributed by atoms with Crippen LogP contribution in [0.2, 0.25) is 0 Å². The molecule has 116 valence electrons. The van der Waals surface area contributed by atoms with Crippen molar-refractivity contribution in [3.8, 4) is 0 Å². The lowest BCUT2D eigenvalue weighted by Gasteiger charge is -2.41. The lowest BCUT2D eigenvalue weighted by molar-refractivity contribution is -0.121. The maximum Gasteiger partial charge on any atom is 0.220 e. The first kappa shape index (κ1) is 14.6. The Morgan fingerprint density at radius 3 is 2.57 bits per heavy atom. The number of piperidine rings is 1. The number of aromatic nitrogens is 1. The minimum atomic E-state index is 0.251. The van der Waals surface area contributed by atoms with Crippen LogP contribution in [0.15, 0.2) is 24.5 Å². The number of hydrogen-bond donors (Lipinski definition) is 1. The van der Waals surface area contributed by atoms with Crippen LogP contribution in [0.3, 0.4) is 0 Å². The highest BCUT2D eigenvalue weighted by molar-refractivity contribution is 5.76. The summed E-state index contributed by atoms with van der Waals surface area (Å²) >= 11 is 0. The summed E-state index contributed by atoms with van der Waals surface area (Å²) in [5.41, 5.74) is 0.441. The van der Waals surface area contributed by atoms with Crippen LogP contribution in [-0.2, 0) is 11.3 Å². The third kappa shape index (κ3) is 3.88. The summed E-state index contributed by atoms with van der Waals surface area (Å²) < 4.78 is 2.26. The van der Waals surface area contributed by atoms with E-state index in [-0.39, 0.29) is 5.91 Å². The molecule has 2 fully saturated rings. The molecule has 1 spiro atoms. The van der Waals surface area contributed by atoms with Gasteiger partial charge in [-0.2, -0.15) is 0 Å². The summed E-state index contributed by atoms with van der Waals surface area (Å²) in [6.07, 6.45) is 11.0. The molecule has 3 heterocycles. The van der Waals surface area contributed by atoms with E-state index >= 15 is 0 Å². The minimum absolute atomic E-state index is 0.251. The Labute approximate surface area is 127 Å². The molecular formula is C17H27N3O. The molecule has 4 nitrogen and oxygen atoms in total. The van der Waals surface area contributed by atoms with E-state index in [2.05, 4.69) is 39.3 Å². The van der Waals surface area contributed by atoms with Crippen molar-refractivity contribution in [3.05, 3.63) is 24.5 Å². The second-order valence-electron chi connectivity index (χ2n) is 6.72. The normalized spacial score (nSPS) is 23.0. The molecule has 1 aromatic rings. The summed E-state index contributed by atoms with van der Waals surface area (Å²) in [6, 6.07) is 4.18. The summed E-state index contributed by atoms with van der Waals surface area (Å²) in [4.78, 5) is 14.1. The van der Waals surface area contributed by atoms with Crippen LogP contribution in [0.4, 0.5) is 0 Å². The van der Waals surface area contributed by atoms with Gasteiger partial charge in [0.05, 0.1) is 0 Å². The second-order valence-corrected chi connectivity index (χ2v) is 6.72. The number of carbonyl (C=O) groups is 1. The molecule has 0 unspecified atom stereocenters. The predicted molar refractivity (Wildman–Crippen MR) is 84.0 cm³/mol. The zero-order valence-electron chi connectivity index (χ0n) is 12.9. The van der Waals surface area contributed by atoms with Gasteiger partial charge in [-0.1, -0.05) is 0 Å². The van der Waals surface area contributed by atoms with Crippen molar-refractivity contribution in [2.75, 3.05) is 26.2 Å². The molecule has 3 rings (SSSR count). The number of rotatable bonds is 4. The summed E-state index contributed by atoms with van der Waals surface area (Å²) in [5.74, 6) is 0.251. The van der Waals surface area contributed by atoms with Crippen molar-refractivity contribution in [2.24, 2.45) is 5.41 Å². The molecule has 0 saturated carbocycles. The summed E-state index contributed by atoms with van der Waals surface area (Å²) in [7, 11) is 0. The van der Waals surface area contributed by atoms with E-state index in [9.17, 15) is 4.79 Å². The van der Waals surface area contributed by atoms with Gasteiger partial charge >= 0.3 is 0 Å². The van der Waals surface area contributed by atoms with Crippen molar-refractivity contribution < 1.29 is 4.79 Å². The topological polar surface area (TPSA) is 37.3 Å². The third-order valence-corrected chi connectivity index (χ3v) is 5.33. The Hall–Kier alpha value is -1.29. The highest BCUT2D eigenvalue weighted by atomic mass is 16.1. The molecule has 0 aliphatic carbocycles. The monoisotopic (exact) mass is 289 g/mol. The molecule has 2 aliphatic rings. The van der Waals surface area contributed by atoms with Crippen molar-refractivity contribution in [1.82, 2.24) is 14.8 Å². The van der Waals surface area contributed by atoms with Crippen LogP contribution in [0, 0.1) is 5.41 Å². The third-order valence-electron chi connectivity index (χ3n) is 5.33. The van der Waals surface area contributed by atoms with E-state index in [0.717, 1.165) is 25.9 Å². The zero-order valence-corrected chi connectivity index (χ0v) is 12.9. The van der Waals surface area contributed by atoms with Crippen LogP contribution >= 0.6 is 0 Å². The van der Waals surface area contributed by atoms with Gasteiger partial charge in [0.1, 0.15) is 0 Å². The maximum atomic E-state index is 11.5. The Morgan fingerprint density at radius 2 is 1.81 bits per heavy atom. The molecular weight excluding hydrogens is 262 g/mol. The highest BCUT2D eigenvalue weighted by Crippen LogP contribution is 2.40. The van der Waals surface area contributed by atoms with Gasteiger partial charge in [0.15, 0.2) is 0 Å². The van der Waals surface area contributed by atoms with Crippen molar-refractivity contribution in [2.45, 2.75) is 45.1 Å². The quantitative estimate of drug-likeness (QED) is 0.923. The fraction of sp³-hybridized carbons (Fsp3) is 0.706. The van der Waals surface area contributed by atoms with E-state index < -0.39 is 0 Å². The fourth-order valence-electron chi connectivity index (χ4n) is 3.81. The van der Waals surface area contributed by atoms with Gasteiger partial charge in [-0.15, -0.1) is 0 Å². The molecule has 21 heavy (non-hydrogen) atoms. The molecule has 4 heteroatoms. The van der Waals surface area contributed by atoms with Crippen molar-refractivity contribution >= 4 is 5.91 Å². The zero-order chi connectivity index (χ0) is 14.5. The Balaban J connectivity index is 1.41. The summed E-state index contributed by atoms with van der Waals surface area (Å²) in [5, 5.41) is 3.02. The van der Waals surface area contributed by atoms with Gasteiger partial charge < -0.3 is 14.8 Å². The Kier molecular flexibility index (Phi) is 4.63. The number of nitrogens with zero attached hydrogens (tertiary/aromatic N) is 2. The molecule has 2 aliphatic heterocycles. The number of carbonyl (C=O) groups excluding carboxylic acids is 1. The van der Waals surface area contributed by atoms with E-state index in [0.29, 0.717) is 5.41 Å². The molecule has 0 aromatic carbocycles. The standard InChI is InChI=1S/C17H27N3O/c21-16-4-5-17(6-9-18-16)7-14-20(15-8-17)13-3-12-19-10-1-2-11-19/h1-2,10-11H,3-9,12-15H2,(H,18,21). The number of hydrogen-bond acceptors (Lipinski definition) is 2. The van der Waals surface area contributed by atoms with Gasteiger partial charge in [-0.3, -0.25) is 4.79 Å². The first-order valence-corrected chi connectivity index (χ1v) is 8.36. The van der Waals surface area contributed by atoms with Crippen LogP contribution < -0.4 is 5.32 Å². The average Bonchev–Trinajstić information content (AvgIpc) is 2.94. The second kappa shape index (κ2) is 6.65. The van der Waals surface area contributed by atoms with Gasteiger partial charge in [-0.05, 0) is 69.3 Å². The van der Waals surface area contributed by atoms with Crippen molar-refractivity contribution in [3.63, 3.8) is 0 Å². The first-order chi connectivity index (χ1) is 10.3. The highest BCUT2D eigenvalue weighted by Gasteiger charge is 2.35. The van der Waals surface area contributed by atoms with E-state index in [4.69, 9.17) is 0 Å². The number of amides is 1. The molecule has 1 aromatic heterocycles. The first-order valence-electron chi connectivity index (χ1n) is 8.36. The van der Waals surface area contributed by atoms with Crippen LogP contribution in [0.5, 0.6) is 0 Å². The fourth-order valence-corrected chi connectivity index (χ4v) is 3.81. The van der Waals surface area contributed by atoms with Crippen LogP contribution in [0.1, 0.15) is 38.5 Å². The van der Waals surface area contributed by atoms with Gasteiger partial charge in [0, 0.05) is 31.9 Å². The van der Waals surface area contributed by atoms with E-state index in [1.165, 1.54) is 45.3 Å². The van der Waals surface area contributed by atoms with E-state index in [1.807, 2.05) is 0 Å². The molecule has 0 radical (unpaired) electrons. The number of likely N-dealkylation sites (tertiary alicyclic amines) is 1. The molecule has 1 N–H and O–H groups in total. The SMILES string of the molecule is O=C1CCC2(CCN1)CCN(CCCn1cccc1)CC2. The molecule has 0 bridgehead atoms. The Bertz CT molecular complexity index is 447.